The third-order valence-corrected chi connectivity index (χ3v) is 3.39. The smallest absolute Gasteiger partial charge is 0.244 e. The second kappa shape index (κ2) is 7.24. The molecule has 1 aromatic heterocycles. The van der Waals surface area contributed by atoms with Crippen LogP contribution in [0.4, 0.5) is 0 Å². The molecule has 6 heteroatoms. The number of carbonyl (C=O) groups is 1. The molecule has 1 amide bonds. The van der Waals surface area contributed by atoms with E-state index in [0.29, 0.717) is 10.7 Å². The quantitative estimate of drug-likeness (QED) is 0.831. The summed E-state index contributed by atoms with van der Waals surface area (Å²) in [6, 6.07) is 9.53. The van der Waals surface area contributed by atoms with Crippen molar-refractivity contribution in [3.63, 3.8) is 0 Å². The lowest BCUT2D eigenvalue weighted by Crippen LogP contribution is -2.28. The predicted octanol–water partition coefficient (Wildman–Crippen LogP) is 2.34. The largest absolute Gasteiger partial charge is 0.392 e. The predicted molar refractivity (Wildman–Crippen MR) is 87.0 cm³/mol. The molecule has 2 rings (SSSR count). The number of nitrogens with one attached hydrogen (secondary N) is 1. The fourth-order valence-corrected chi connectivity index (χ4v) is 2.24. The summed E-state index contributed by atoms with van der Waals surface area (Å²) in [6.45, 7) is 3.65. The lowest BCUT2D eigenvalue weighted by molar-refractivity contribution is -0.116. The summed E-state index contributed by atoms with van der Waals surface area (Å²) in [7, 11) is 0. The molecule has 0 saturated heterocycles. The van der Waals surface area contributed by atoms with Gasteiger partial charge in [0.15, 0.2) is 0 Å². The van der Waals surface area contributed by atoms with Crippen LogP contribution in [0.1, 0.15) is 18.2 Å². The van der Waals surface area contributed by atoms with Crippen LogP contribution in [-0.4, -0.2) is 33.4 Å². The minimum Gasteiger partial charge on any atom is -0.392 e. The maximum absolute atomic E-state index is 11.6. The number of aryl methyl sites for hydroxylation is 1. The van der Waals surface area contributed by atoms with Crippen molar-refractivity contribution >= 4 is 23.6 Å². The lowest BCUT2D eigenvalue weighted by Gasteiger charge is -2.03. The van der Waals surface area contributed by atoms with E-state index in [4.69, 9.17) is 16.7 Å². The number of hydrogen-bond acceptors (Lipinski definition) is 3. The van der Waals surface area contributed by atoms with Crippen LogP contribution in [0.3, 0.4) is 0 Å². The number of hydrogen-bond donors (Lipinski definition) is 2. The first-order chi connectivity index (χ1) is 10.5. The molecule has 0 aliphatic rings. The van der Waals surface area contributed by atoms with Gasteiger partial charge in [-0.1, -0.05) is 29.8 Å². The number of rotatable bonds is 5. The van der Waals surface area contributed by atoms with Crippen molar-refractivity contribution in [2.75, 3.05) is 6.54 Å². The highest BCUT2D eigenvalue weighted by molar-refractivity contribution is 6.31. The molecule has 0 aliphatic carbocycles. The van der Waals surface area contributed by atoms with Gasteiger partial charge in [0.05, 0.1) is 17.5 Å². The number of aliphatic hydroxyl groups excluding tert-OH is 1. The summed E-state index contributed by atoms with van der Waals surface area (Å²) in [5.74, 6) is -0.288. The third kappa shape index (κ3) is 3.96. The number of aromatic nitrogens is 2. The van der Waals surface area contributed by atoms with Crippen molar-refractivity contribution in [2.24, 2.45) is 0 Å². The summed E-state index contributed by atoms with van der Waals surface area (Å²) >= 11 is 6.35. The zero-order valence-electron chi connectivity index (χ0n) is 12.5. The van der Waals surface area contributed by atoms with E-state index < -0.39 is 6.10 Å². The molecule has 0 bridgehead atoms. The summed E-state index contributed by atoms with van der Waals surface area (Å²) in [4.78, 5) is 11.6. The van der Waals surface area contributed by atoms with Crippen LogP contribution in [-0.2, 0) is 4.79 Å². The van der Waals surface area contributed by atoms with Gasteiger partial charge in [-0.25, -0.2) is 4.68 Å². The Balaban J connectivity index is 2.19. The first kappa shape index (κ1) is 16.3. The molecule has 5 nitrogen and oxygen atoms in total. The highest BCUT2D eigenvalue weighted by Crippen LogP contribution is 2.24. The Morgan fingerprint density at radius 2 is 2.14 bits per heavy atom. The average Bonchev–Trinajstić information content (AvgIpc) is 2.79. The molecular formula is C16H18ClN3O2. The van der Waals surface area contributed by atoms with Gasteiger partial charge in [-0.2, -0.15) is 5.10 Å². The first-order valence-corrected chi connectivity index (χ1v) is 7.31. The van der Waals surface area contributed by atoms with E-state index in [2.05, 4.69) is 10.4 Å². The summed E-state index contributed by atoms with van der Waals surface area (Å²) in [6.07, 6.45) is 2.43. The monoisotopic (exact) mass is 319 g/mol. The van der Waals surface area contributed by atoms with Crippen LogP contribution < -0.4 is 5.32 Å². The minimum atomic E-state index is -0.580. The van der Waals surface area contributed by atoms with Crippen molar-refractivity contribution in [3.8, 4) is 5.69 Å². The van der Waals surface area contributed by atoms with E-state index in [-0.39, 0.29) is 12.5 Å². The number of halogens is 1. The first-order valence-electron chi connectivity index (χ1n) is 6.93. The zero-order valence-corrected chi connectivity index (χ0v) is 13.2. The van der Waals surface area contributed by atoms with E-state index in [1.165, 1.54) is 6.08 Å². The van der Waals surface area contributed by atoms with Crippen LogP contribution in [0.2, 0.25) is 5.15 Å². The van der Waals surface area contributed by atoms with Crippen LogP contribution >= 0.6 is 11.6 Å². The molecule has 116 valence electrons. The van der Waals surface area contributed by atoms with E-state index in [1.54, 1.807) is 17.7 Å². The number of aliphatic hydroxyl groups is 1. The molecule has 0 aliphatic heterocycles. The Morgan fingerprint density at radius 3 is 2.77 bits per heavy atom. The van der Waals surface area contributed by atoms with Crippen molar-refractivity contribution in [2.45, 2.75) is 20.0 Å². The van der Waals surface area contributed by atoms with Gasteiger partial charge in [0, 0.05) is 18.2 Å². The Bertz CT molecular complexity index is 678. The van der Waals surface area contributed by atoms with E-state index in [9.17, 15) is 4.79 Å². The maximum Gasteiger partial charge on any atom is 0.244 e. The summed E-state index contributed by atoms with van der Waals surface area (Å²) < 4.78 is 1.63. The lowest BCUT2D eigenvalue weighted by atomic mass is 10.2. The van der Waals surface area contributed by atoms with Crippen LogP contribution in [0.25, 0.3) is 11.8 Å². The molecule has 1 atom stereocenters. The zero-order chi connectivity index (χ0) is 16.1. The van der Waals surface area contributed by atoms with E-state index in [0.717, 1.165) is 11.4 Å². The SMILES string of the molecule is Cc1nn(-c2ccccc2)c(Cl)c1/C=C/C(=O)NCC(C)O. The third-order valence-electron chi connectivity index (χ3n) is 3.02. The Morgan fingerprint density at radius 1 is 1.45 bits per heavy atom. The van der Waals surface area contributed by atoms with Gasteiger partial charge >= 0.3 is 0 Å². The van der Waals surface area contributed by atoms with Gasteiger partial charge in [-0.05, 0) is 32.1 Å². The van der Waals surface area contributed by atoms with Crippen LogP contribution in [0.15, 0.2) is 36.4 Å². The number of carbonyl (C=O) groups excluding carboxylic acids is 1. The second-order valence-electron chi connectivity index (χ2n) is 4.96. The molecule has 0 saturated carbocycles. The number of nitrogens with zero attached hydrogens (tertiary/aromatic N) is 2. The molecule has 1 heterocycles. The highest BCUT2D eigenvalue weighted by atomic mass is 35.5. The molecule has 0 radical (unpaired) electrons. The standard InChI is InChI=1S/C16H18ClN3O2/c1-11(21)10-18-15(22)9-8-14-12(2)19-20(16(14)17)13-6-4-3-5-7-13/h3-9,11,21H,10H2,1-2H3,(H,18,22)/b9-8+. The van der Waals surface area contributed by atoms with Gasteiger partial charge in [-0.15, -0.1) is 0 Å². The Kier molecular flexibility index (Phi) is 5.35. The van der Waals surface area contributed by atoms with Gasteiger partial charge in [0.2, 0.25) is 5.91 Å². The van der Waals surface area contributed by atoms with Crippen molar-refractivity contribution < 1.29 is 9.90 Å². The van der Waals surface area contributed by atoms with Crippen molar-refractivity contribution in [1.29, 1.82) is 0 Å². The number of benzene rings is 1. The Hall–Kier alpha value is -2.11. The van der Waals surface area contributed by atoms with E-state index in [1.807, 2.05) is 37.3 Å². The van der Waals surface area contributed by atoms with E-state index >= 15 is 0 Å². The minimum absolute atomic E-state index is 0.208. The maximum atomic E-state index is 11.6. The van der Waals surface area contributed by atoms with Gasteiger partial charge in [-0.3, -0.25) is 4.79 Å². The molecule has 1 aromatic carbocycles. The number of para-hydroxylation sites is 1. The highest BCUT2D eigenvalue weighted by Gasteiger charge is 2.12. The molecular weight excluding hydrogens is 302 g/mol. The van der Waals surface area contributed by atoms with Crippen LogP contribution in [0.5, 0.6) is 0 Å². The fraction of sp³-hybridized carbons (Fsp3) is 0.250. The van der Waals surface area contributed by atoms with Gasteiger partial charge in [0.1, 0.15) is 5.15 Å². The second-order valence-corrected chi connectivity index (χ2v) is 5.32. The van der Waals surface area contributed by atoms with Crippen LogP contribution in [0, 0.1) is 6.92 Å². The molecule has 0 spiro atoms. The Labute approximate surface area is 134 Å². The molecule has 2 aromatic rings. The van der Waals surface area contributed by atoms with Gasteiger partial charge in [0.25, 0.3) is 0 Å². The van der Waals surface area contributed by atoms with Crippen molar-refractivity contribution in [3.05, 3.63) is 52.8 Å². The normalized spacial score (nSPS) is 12.5. The topological polar surface area (TPSA) is 67.2 Å². The molecule has 1 unspecified atom stereocenters. The average molecular weight is 320 g/mol. The molecule has 22 heavy (non-hydrogen) atoms. The summed E-state index contributed by atoms with van der Waals surface area (Å²) in [5, 5.41) is 16.6. The fourth-order valence-electron chi connectivity index (χ4n) is 1.91. The molecule has 0 fully saturated rings. The summed E-state index contributed by atoms with van der Waals surface area (Å²) in [5.41, 5.74) is 2.28. The number of amides is 1. The van der Waals surface area contributed by atoms with Gasteiger partial charge < -0.3 is 10.4 Å². The van der Waals surface area contributed by atoms with Crippen molar-refractivity contribution in [1.82, 2.24) is 15.1 Å². The molecule has 2 N–H and O–H groups in total.